The van der Waals surface area contributed by atoms with Crippen molar-refractivity contribution in [1.29, 1.82) is 0 Å². The van der Waals surface area contributed by atoms with Crippen molar-refractivity contribution in [3.8, 4) is 0 Å². The van der Waals surface area contributed by atoms with Gasteiger partial charge in [-0.15, -0.1) is 0 Å². The molecule has 1 fully saturated rings. The van der Waals surface area contributed by atoms with Crippen LogP contribution in [0.3, 0.4) is 0 Å². The predicted octanol–water partition coefficient (Wildman–Crippen LogP) is 2.27. The highest BCUT2D eigenvalue weighted by Gasteiger charge is 2.55. The quantitative estimate of drug-likeness (QED) is 0.854. The van der Waals surface area contributed by atoms with Crippen LogP contribution in [0, 0.1) is 6.92 Å². The third-order valence-electron chi connectivity index (χ3n) is 5.90. The van der Waals surface area contributed by atoms with Crippen LogP contribution in [0.4, 0.5) is 5.69 Å². The van der Waals surface area contributed by atoms with Gasteiger partial charge in [-0.1, -0.05) is 43.3 Å². The second-order valence-electron chi connectivity index (χ2n) is 7.36. The van der Waals surface area contributed by atoms with E-state index in [0.29, 0.717) is 17.7 Å². The molecule has 6 nitrogen and oxygen atoms in total. The van der Waals surface area contributed by atoms with E-state index in [0.717, 1.165) is 5.56 Å². The van der Waals surface area contributed by atoms with Crippen LogP contribution in [0.5, 0.6) is 0 Å². The fraction of sp³-hybridized carbons (Fsp3) is 0.381. The summed E-state index contributed by atoms with van der Waals surface area (Å²) in [5.41, 5.74) is 2.19. The number of para-hydroxylation sites is 1. The highest BCUT2D eigenvalue weighted by Crippen LogP contribution is 2.49. The molecule has 1 saturated heterocycles. The number of benzene rings is 2. The molecular weight excluding hydrogens is 376 g/mol. The number of hydrogen-bond donors (Lipinski definition) is 1. The zero-order valence-corrected chi connectivity index (χ0v) is 16.8. The van der Waals surface area contributed by atoms with Gasteiger partial charge in [-0.2, -0.15) is 0 Å². The summed E-state index contributed by atoms with van der Waals surface area (Å²) in [4.78, 5) is 14.4. The van der Waals surface area contributed by atoms with Gasteiger partial charge >= 0.3 is 0 Å². The predicted molar refractivity (Wildman–Crippen MR) is 107 cm³/mol. The lowest BCUT2D eigenvalue weighted by atomic mass is 9.72. The van der Waals surface area contributed by atoms with Crippen LogP contribution in [0.1, 0.15) is 30.4 Å². The number of carbonyl (C=O) groups excluding carboxylic acids is 1. The molecule has 2 aliphatic rings. The first-order valence-corrected chi connectivity index (χ1v) is 10.9. The summed E-state index contributed by atoms with van der Waals surface area (Å²) in [5, 5.41) is 9.88. The number of sulfonamides is 1. The molecule has 4 rings (SSSR count). The summed E-state index contributed by atoms with van der Waals surface area (Å²) >= 11 is 0. The molecule has 0 spiro atoms. The van der Waals surface area contributed by atoms with Crippen molar-refractivity contribution in [3.63, 3.8) is 0 Å². The first-order valence-electron chi connectivity index (χ1n) is 9.51. The molecule has 1 amide bonds. The Morgan fingerprint density at radius 1 is 1.14 bits per heavy atom. The molecule has 2 aliphatic heterocycles. The summed E-state index contributed by atoms with van der Waals surface area (Å²) in [7, 11) is -3.78. The van der Waals surface area contributed by atoms with Gasteiger partial charge in [0.15, 0.2) is 0 Å². The van der Waals surface area contributed by atoms with Gasteiger partial charge in [0.1, 0.15) is 0 Å². The third-order valence-corrected chi connectivity index (χ3v) is 7.84. The minimum atomic E-state index is -3.78. The van der Waals surface area contributed by atoms with Gasteiger partial charge in [0.2, 0.25) is 5.91 Å². The first kappa shape index (κ1) is 19.0. The Hall–Kier alpha value is -2.38. The topological polar surface area (TPSA) is 77.9 Å². The number of carbonyl (C=O) groups is 1. The first-order chi connectivity index (χ1) is 13.4. The smallest absolute Gasteiger partial charge is 0.264 e. The monoisotopic (exact) mass is 400 g/mol. The van der Waals surface area contributed by atoms with Crippen molar-refractivity contribution in [1.82, 2.24) is 4.90 Å². The minimum Gasteiger partial charge on any atom is -0.394 e. The Morgan fingerprint density at radius 2 is 1.82 bits per heavy atom. The van der Waals surface area contributed by atoms with Crippen molar-refractivity contribution in [2.75, 3.05) is 17.5 Å². The fourth-order valence-corrected chi connectivity index (χ4v) is 6.31. The summed E-state index contributed by atoms with van der Waals surface area (Å²) in [6.45, 7) is 3.62. The maximum Gasteiger partial charge on any atom is 0.264 e. The number of amides is 1. The van der Waals surface area contributed by atoms with Crippen LogP contribution in [0.2, 0.25) is 0 Å². The van der Waals surface area contributed by atoms with Crippen molar-refractivity contribution >= 4 is 21.6 Å². The van der Waals surface area contributed by atoms with Crippen molar-refractivity contribution < 1.29 is 18.3 Å². The van der Waals surface area contributed by atoms with Crippen molar-refractivity contribution in [2.24, 2.45) is 0 Å². The number of nitrogens with zero attached hydrogens (tertiary/aromatic N) is 2. The molecule has 2 aromatic carbocycles. The minimum absolute atomic E-state index is 0.0555. The van der Waals surface area contributed by atoms with Crippen LogP contribution in [-0.4, -0.2) is 49.6 Å². The maximum absolute atomic E-state index is 13.5. The second kappa shape index (κ2) is 6.90. The standard InChI is InChI=1S/C21H24N2O4S/c1-3-20(25)23-17-12-22(28(26,27)19-11-7-4-8-14(19)2)16-10-6-5-9-15(16)21(17)18(23)13-24/h4-11,17-18,21,24H,3,12-13H2,1-2H3/t17-,18+,21+/m0/s1. The van der Waals surface area contributed by atoms with Gasteiger partial charge in [0, 0.05) is 12.3 Å². The maximum atomic E-state index is 13.5. The molecule has 3 atom stereocenters. The summed E-state index contributed by atoms with van der Waals surface area (Å²) in [6, 6.07) is 13.8. The number of hydrogen-bond acceptors (Lipinski definition) is 4. The van der Waals surface area contributed by atoms with E-state index < -0.39 is 10.0 Å². The normalized spacial score (nSPS) is 23.6. The van der Waals surface area contributed by atoms with Gasteiger partial charge in [0.25, 0.3) is 10.0 Å². The lowest BCUT2D eigenvalue weighted by Crippen LogP contribution is -2.70. The number of rotatable bonds is 4. The summed E-state index contributed by atoms with van der Waals surface area (Å²) < 4.78 is 28.5. The average molecular weight is 401 g/mol. The molecule has 0 unspecified atom stereocenters. The molecule has 148 valence electrons. The SMILES string of the molecule is CCC(=O)N1[C@H](CO)[C@@H]2c3ccccc3N(S(=O)(=O)c3ccccc3C)C[C@@H]21. The Morgan fingerprint density at radius 3 is 2.50 bits per heavy atom. The zero-order chi connectivity index (χ0) is 20.1. The van der Waals surface area contributed by atoms with Gasteiger partial charge in [-0.05, 0) is 30.2 Å². The average Bonchev–Trinajstić information content (AvgIpc) is 2.68. The molecule has 0 aliphatic carbocycles. The van der Waals surface area contributed by atoms with Gasteiger partial charge in [-0.25, -0.2) is 8.42 Å². The van der Waals surface area contributed by atoms with Gasteiger partial charge in [0.05, 0.1) is 35.8 Å². The van der Waals surface area contributed by atoms with E-state index >= 15 is 0 Å². The zero-order valence-electron chi connectivity index (χ0n) is 15.9. The molecule has 2 heterocycles. The highest BCUT2D eigenvalue weighted by atomic mass is 32.2. The molecular formula is C21H24N2O4S. The molecule has 2 aromatic rings. The van der Waals surface area contributed by atoms with Crippen LogP contribution in [0.15, 0.2) is 53.4 Å². The van der Waals surface area contributed by atoms with Crippen molar-refractivity contribution in [3.05, 3.63) is 59.7 Å². The Bertz CT molecular complexity index is 1020. The van der Waals surface area contributed by atoms with E-state index in [-0.39, 0.29) is 42.0 Å². The van der Waals surface area contributed by atoms with Crippen LogP contribution >= 0.6 is 0 Å². The summed E-state index contributed by atoms with van der Waals surface area (Å²) in [5.74, 6) is -0.118. The number of aryl methyl sites for hydroxylation is 1. The van der Waals surface area contributed by atoms with Crippen LogP contribution in [-0.2, 0) is 14.8 Å². The lowest BCUT2D eigenvalue weighted by Gasteiger charge is -2.58. The van der Waals surface area contributed by atoms with Gasteiger partial charge < -0.3 is 10.0 Å². The molecule has 28 heavy (non-hydrogen) atoms. The Kier molecular flexibility index (Phi) is 4.67. The largest absolute Gasteiger partial charge is 0.394 e. The van der Waals surface area contributed by atoms with Crippen molar-refractivity contribution in [2.45, 2.75) is 43.2 Å². The molecule has 0 bridgehead atoms. The van der Waals surface area contributed by atoms with E-state index in [4.69, 9.17) is 0 Å². The molecule has 0 saturated carbocycles. The number of aliphatic hydroxyl groups excluding tert-OH is 1. The van der Waals surface area contributed by atoms with Crippen LogP contribution < -0.4 is 4.31 Å². The van der Waals surface area contributed by atoms with E-state index in [1.807, 2.05) is 24.3 Å². The van der Waals surface area contributed by atoms with E-state index in [1.165, 1.54) is 4.31 Å². The van der Waals surface area contributed by atoms with E-state index in [9.17, 15) is 18.3 Å². The molecule has 0 aromatic heterocycles. The molecule has 7 heteroatoms. The fourth-order valence-electron chi connectivity index (χ4n) is 4.57. The summed E-state index contributed by atoms with van der Waals surface area (Å²) in [6.07, 6.45) is 0.325. The Balaban J connectivity index is 1.83. The lowest BCUT2D eigenvalue weighted by molar-refractivity contribution is -0.149. The number of likely N-dealkylation sites (tertiary alicyclic amines) is 1. The number of fused-ring (bicyclic) bond motifs is 3. The molecule has 0 radical (unpaired) electrons. The number of anilines is 1. The van der Waals surface area contributed by atoms with Crippen LogP contribution in [0.25, 0.3) is 0 Å². The Labute approximate surface area is 165 Å². The van der Waals surface area contributed by atoms with E-state index in [2.05, 4.69) is 0 Å². The molecule has 1 N–H and O–H groups in total. The second-order valence-corrected chi connectivity index (χ2v) is 9.19. The highest BCUT2D eigenvalue weighted by molar-refractivity contribution is 7.92. The number of aliphatic hydroxyl groups is 1. The van der Waals surface area contributed by atoms with Gasteiger partial charge in [-0.3, -0.25) is 9.10 Å². The van der Waals surface area contributed by atoms with E-state index in [1.54, 1.807) is 43.0 Å². The third kappa shape index (κ3) is 2.64.